The zero-order valence-electron chi connectivity index (χ0n) is 15.5. The third-order valence-corrected chi connectivity index (χ3v) is 34.4. The molecule has 0 aromatic heterocycles. The van der Waals surface area contributed by atoms with E-state index in [1.165, 1.54) is 0 Å². The van der Waals surface area contributed by atoms with Crippen molar-refractivity contribution in [3.8, 4) is 11.3 Å². The van der Waals surface area contributed by atoms with Gasteiger partial charge in [0.1, 0.15) is 0 Å². The summed E-state index contributed by atoms with van der Waals surface area (Å²) in [6, 6.07) is 0. The molecule has 122 valence electrons. The first-order valence-electron chi connectivity index (χ1n) is 7.53. The van der Waals surface area contributed by atoms with E-state index in [4.69, 9.17) is 0 Å². The average molecular weight is 381 g/mol. The third-order valence-electron chi connectivity index (χ3n) is 4.95. The van der Waals surface area contributed by atoms with Gasteiger partial charge in [0, 0.05) is 0 Å². The normalized spacial score (nSPS) is 41.2. The molecule has 0 saturated carbocycles. The molecule has 0 spiro atoms. The molecule has 1 rings (SSSR count). The first-order valence-corrected chi connectivity index (χ1v) is 20.8. The van der Waals surface area contributed by atoms with Crippen molar-refractivity contribution in [1.29, 1.82) is 0 Å². The summed E-state index contributed by atoms with van der Waals surface area (Å²) >= 11 is 0. The van der Waals surface area contributed by atoms with Crippen molar-refractivity contribution >= 4 is 36.4 Å². The van der Waals surface area contributed by atoms with Crippen molar-refractivity contribution in [3.05, 3.63) is 11.6 Å². The Morgan fingerprint density at radius 1 is 1.00 bits per heavy atom. The second kappa shape index (κ2) is 6.75. The Bertz CT molecular complexity index is 472. The summed E-state index contributed by atoms with van der Waals surface area (Å²) in [6.45, 7) is 24.5. The molecular weight excluding hydrogens is 347 g/mol. The van der Waals surface area contributed by atoms with E-state index in [1.54, 1.807) is 0 Å². The standard InChI is InChI=1S/C16H34P5/c1-15(2)16-20(6,7)18(4)13-11-17(3)12-14-19(5)21(16,8,9)10/h12,14-16H,1-10H3/q+1/b14-12-. The van der Waals surface area contributed by atoms with Gasteiger partial charge in [-0.05, 0) is 0 Å². The van der Waals surface area contributed by atoms with Crippen LogP contribution in [0.3, 0.4) is 0 Å². The molecule has 4 atom stereocenters. The van der Waals surface area contributed by atoms with Gasteiger partial charge in [0.15, 0.2) is 0 Å². The van der Waals surface area contributed by atoms with Crippen molar-refractivity contribution in [2.24, 2.45) is 5.92 Å². The molecule has 0 saturated heterocycles. The Labute approximate surface area is 138 Å². The van der Waals surface area contributed by atoms with Gasteiger partial charge in [-0.1, -0.05) is 0 Å². The summed E-state index contributed by atoms with van der Waals surface area (Å²) in [6.07, 6.45) is -1.73. The van der Waals surface area contributed by atoms with E-state index < -0.39 is 13.2 Å². The second-order valence-corrected chi connectivity index (χ2v) is 33.9. The Morgan fingerprint density at radius 2 is 1.52 bits per heavy atom. The molecule has 0 radical (unpaired) electrons. The van der Waals surface area contributed by atoms with Gasteiger partial charge < -0.3 is 0 Å². The first-order chi connectivity index (χ1) is 9.29. The van der Waals surface area contributed by atoms with Crippen LogP contribution in [0.4, 0.5) is 0 Å². The fourth-order valence-corrected chi connectivity index (χ4v) is 35.6. The van der Waals surface area contributed by atoms with Crippen molar-refractivity contribution in [1.82, 2.24) is 0 Å². The molecule has 4 unspecified atom stereocenters. The maximum absolute atomic E-state index is 3.72. The fraction of sp³-hybridized carbons (Fsp3) is 0.750. The Morgan fingerprint density at radius 3 is 2.00 bits per heavy atom. The van der Waals surface area contributed by atoms with Crippen LogP contribution < -0.4 is 0 Å². The van der Waals surface area contributed by atoms with Crippen molar-refractivity contribution < 1.29 is 0 Å². The number of hydrogen-bond acceptors (Lipinski definition) is 0. The zero-order valence-corrected chi connectivity index (χ0v) is 20.0. The first kappa shape index (κ1) is 20.5. The molecule has 5 heteroatoms. The summed E-state index contributed by atoms with van der Waals surface area (Å²) in [5.74, 6) is 5.80. The minimum atomic E-state index is -1.73. The van der Waals surface area contributed by atoms with E-state index in [-0.39, 0.29) is 23.1 Å². The van der Waals surface area contributed by atoms with Crippen molar-refractivity contribution in [2.75, 3.05) is 53.3 Å². The van der Waals surface area contributed by atoms with Crippen LogP contribution in [-0.2, 0) is 0 Å². The number of hydrogen-bond donors (Lipinski definition) is 0. The van der Waals surface area contributed by atoms with Crippen LogP contribution in [0.1, 0.15) is 13.8 Å². The van der Waals surface area contributed by atoms with Gasteiger partial charge in [-0.3, -0.25) is 0 Å². The summed E-state index contributed by atoms with van der Waals surface area (Å²) < 4.78 is 0. The Kier molecular flexibility index (Phi) is 6.59. The van der Waals surface area contributed by atoms with Gasteiger partial charge >= 0.3 is 138 Å². The molecule has 1 heterocycles. The van der Waals surface area contributed by atoms with Crippen LogP contribution in [-0.4, -0.2) is 58.7 Å². The third kappa shape index (κ3) is 4.30. The van der Waals surface area contributed by atoms with E-state index >= 15 is 0 Å². The van der Waals surface area contributed by atoms with Crippen LogP contribution in [0.5, 0.6) is 0 Å². The van der Waals surface area contributed by atoms with Crippen LogP contribution >= 0.6 is 36.4 Å². The van der Waals surface area contributed by atoms with Crippen LogP contribution in [0, 0.1) is 17.2 Å². The summed E-state index contributed by atoms with van der Waals surface area (Å²) in [5.41, 5.74) is 7.30. The monoisotopic (exact) mass is 381 g/mol. The zero-order chi connectivity index (χ0) is 16.7. The van der Waals surface area contributed by atoms with Gasteiger partial charge in [-0.2, -0.15) is 0 Å². The van der Waals surface area contributed by atoms with Crippen molar-refractivity contribution in [3.63, 3.8) is 0 Å². The van der Waals surface area contributed by atoms with E-state index in [0.29, 0.717) is 0 Å². The molecule has 1 aliphatic heterocycles. The second-order valence-electron chi connectivity index (χ2n) is 8.20. The Balaban J connectivity index is 3.57. The van der Waals surface area contributed by atoms with E-state index in [9.17, 15) is 0 Å². The van der Waals surface area contributed by atoms with Gasteiger partial charge in [-0.25, -0.2) is 0 Å². The molecular formula is C16H34P5+. The molecule has 0 nitrogen and oxygen atoms in total. The average Bonchev–Trinajstić information content (AvgIpc) is 2.29. The quantitative estimate of drug-likeness (QED) is 0.331. The van der Waals surface area contributed by atoms with Crippen LogP contribution in [0.25, 0.3) is 0 Å². The fourth-order valence-electron chi connectivity index (χ4n) is 3.85. The number of rotatable bonds is 1. The topological polar surface area (TPSA) is 0 Å². The summed E-state index contributed by atoms with van der Waals surface area (Å²) in [7, 11) is -0.391. The van der Waals surface area contributed by atoms with Gasteiger partial charge in [0.05, 0.1) is 0 Å². The predicted molar refractivity (Wildman–Crippen MR) is 118 cm³/mol. The summed E-state index contributed by atoms with van der Waals surface area (Å²) in [4.78, 5) is 0. The molecule has 0 aromatic rings. The van der Waals surface area contributed by atoms with Gasteiger partial charge in [-0.15, -0.1) is 0 Å². The van der Waals surface area contributed by atoms with Crippen LogP contribution in [0.15, 0.2) is 11.6 Å². The SMILES string of the molecule is CC(C)C1[P+](C)(C)P(C)C#CP(C)/C=C\P(C)P1(C)(C)C. The van der Waals surface area contributed by atoms with E-state index in [0.717, 1.165) is 11.3 Å². The van der Waals surface area contributed by atoms with Crippen LogP contribution in [0.2, 0.25) is 0 Å². The van der Waals surface area contributed by atoms with E-state index in [1.807, 2.05) is 0 Å². The molecule has 21 heavy (non-hydrogen) atoms. The Hall–Kier alpha value is 1.45. The molecule has 0 aromatic carbocycles. The predicted octanol–water partition coefficient (Wildman–Crippen LogP) is 7.26. The van der Waals surface area contributed by atoms with Gasteiger partial charge in [0.2, 0.25) is 0 Å². The molecule has 0 N–H and O–H groups in total. The van der Waals surface area contributed by atoms with Crippen molar-refractivity contribution in [2.45, 2.75) is 19.2 Å². The molecule has 0 bridgehead atoms. The molecule has 0 amide bonds. The minimum absolute atomic E-state index is 0.0288. The van der Waals surface area contributed by atoms with Gasteiger partial charge in [0.25, 0.3) is 0 Å². The summed E-state index contributed by atoms with van der Waals surface area (Å²) in [5, 5.41) is 0.899. The molecule has 0 aliphatic carbocycles. The van der Waals surface area contributed by atoms with E-state index in [2.05, 4.69) is 90.1 Å². The molecule has 0 fully saturated rings. The maximum atomic E-state index is 3.72. The molecule has 1 aliphatic rings.